The maximum atomic E-state index is 13.2. The van der Waals surface area contributed by atoms with Crippen molar-refractivity contribution in [2.24, 2.45) is 30.0 Å². The van der Waals surface area contributed by atoms with Gasteiger partial charge in [-0.1, -0.05) is 0 Å². The Hall–Kier alpha value is -6.52. The number of hydrogen-bond donors (Lipinski definition) is 0. The average Bonchev–Trinajstić information content (AvgIpc) is 3.99. The summed E-state index contributed by atoms with van der Waals surface area (Å²) in [5.74, 6) is 2.06. The summed E-state index contributed by atoms with van der Waals surface area (Å²) in [6.45, 7) is 2.04. The minimum Gasteiger partial charge on any atom is -0.412 e. The van der Waals surface area contributed by atoms with Crippen LogP contribution in [0.15, 0.2) is 166 Å². The Morgan fingerprint density at radius 1 is 0.394 bits per heavy atom. The van der Waals surface area contributed by atoms with E-state index in [9.17, 15) is 25.3 Å². The molecule has 14 rings (SSSR count). The van der Waals surface area contributed by atoms with Crippen LogP contribution in [0, 0.1) is 6.92 Å². The first-order valence-corrected chi connectivity index (χ1v) is 30.4. The molecular weight excluding hydrogens is 1080 g/mol. The zero-order chi connectivity index (χ0) is 47.9. The maximum Gasteiger partial charge on any atom is -0.412 e. The quantitative estimate of drug-likeness (QED) is 0.125. The van der Waals surface area contributed by atoms with Crippen LogP contribution in [-0.2, 0) is 27.2 Å². The molecule has 0 saturated carbocycles. The topological polar surface area (TPSA) is 218 Å². The Morgan fingerprint density at radius 2 is 0.761 bits per heavy atom. The van der Waals surface area contributed by atoms with E-state index >= 15 is 0 Å². The summed E-state index contributed by atoms with van der Waals surface area (Å²) in [7, 11) is 5.56. The fraction of sp³-hybridized carbons (Fsp3) is 0.0204. The maximum absolute atomic E-state index is 13.2. The third kappa shape index (κ3) is 6.54. The van der Waals surface area contributed by atoms with Crippen LogP contribution in [0.5, 0.6) is 0 Å². The van der Waals surface area contributed by atoms with Crippen LogP contribution in [0.25, 0.3) is 64.6 Å². The first kappa shape index (κ1) is 44.4. The number of nitrogens with zero attached hydrogens (tertiary/aromatic N) is 8. The van der Waals surface area contributed by atoms with Gasteiger partial charge >= 0.3 is 420 Å². The molecule has 15 nitrogen and oxygen atoms in total. The van der Waals surface area contributed by atoms with Gasteiger partial charge in [-0.15, -0.1) is 0 Å². The molecule has 2 aromatic heterocycles. The van der Waals surface area contributed by atoms with Gasteiger partial charge in [0, 0.05) is 0 Å². The fourth-order valence-electron chi connectivity index (χ4n) is 10.2. The Kier molecular flexibility index (Phi) is 9.39. The molecule has 4 aliphatic heterocycles. The number of hydrogen-bond acceptors (Lipinski definition) is 12. The van der Waals surface area contributed by atoms with Crippen molar-refractivity contribution in [3.63, 3.8) is 0 Å². The van der Waals surface area contributed by atoms with E-state index in [-0.39, 0.29) is 31.8 Å². The number of rotatable bonds is 3. The van der Waals surface area contributed by atoms with Crippen molar-refractivity contribution in [1.29, 1.82) is 0 Å². The van der Waals surface area contributed by atoms with Gasteiger partial charge in [0.1, 0.15) is 0 Å². The normalized spacial score (nSPS) is 14.8. The number of aryl methyl sites for hydroxylation is 1. The van der Waals surface area contributed by atoms with E-state index in [1.165, 1.54) is 18.2 Å². The number of halogens is 3. The molecule has 2 N–H and O–H groups in total. The van der Waals surface area contributed by atoms with Gasteiger partial charge in [-0.2, -0.15) is 0 Å². The first-order valence-electron chi connectivity index (χ1n) is 21.3. The second kappa shape index (κ2) is 15.0. The summed E-state index contributed by atoms with van der Waals surface area (Å²) in [4.78, 5) is 31.6. The third-order valence-electron chi connectivity index (χ3n) is 13.3. The molecule has 1 radical (unpaired) electrons. The minimum atomic E-state index is -4.23. The summed E-state index contributed by atoms with van der Waals surface area (Å²) in [5, 5.41) is 7.06. The van der Waals surface area contributed by atoms with Crippen LogP contribution in [0.4, 0.5) is 11.6 Å². The van der Waals surface area contributed by atoms with E-state index in [4.69, 9.17) is 62.0 Å². The van der Waals surface area contributed by atoms with Gasteiger partial charge in [-0.3, -0.25) is 0 Å². The Labute approximate surface area is 422 Å². The first-order chi connectivity index (χ1) is 33.5. The molecule has 345 valence electrons. The van der Waals surface area contributed by atoms with E-state index in [2.05, 4.69) is 6.07 Å². The molecule has 0 unspecified atom stereocenters. The molecule has 0 saturated heterocycles. The number of benzene rings is 8. The largest absolute Gasteiger partial charge is 0.412 e. The number of aromatic nitrogens is 2. The monoisotopic (exact) mass is 1110 g/mol. The number of fused-ring (bicyclic) bond motifs is 18. The second-order valence-electron chi connectivity index (χ2n) is 17.2. The molecule has 0 atom stereocenters. The zero-order valence-electron chi connectivity index (χ0n) is 36.0. The van der Waals surface area contributed by atoms with Crippen LogP contribution >= 0.6 is 32.0 Å². The number of amidine groups is 4. The van der Waals surface area contributed by atoms with Crippen molar-refractivity contribution in [2.45, 2.75) is 21.6 Å². The summed E-state index contributed by atoms with van der Waals surface area (Å²) < 4.78 is 82.7. The van der Waals surface area contributed by atoms with Crippen LogP contribution in [-0.4, -0.2) is 78.5 Å². The van der Waals surface area contributed by atoms with Gasteiger partial charge in [0.25, 0.3) is 0 Å². The molecule has 6 heterocycles. The molecule has 0 fully saturated rings. The van der Waals surface area contributed by atoms with Crippen LogP contribution in [0.1, 0.15) is 27.8 Å². The molecular formula is C49H25Cl3GaN8O7S3. The van der Waals surface area contributed by atoms with Crippen molar-refractivity contribution < 1.29 is 30.7 Å². The van der Waals surface area contributed by atoms with E-state index in [1.54, 1.807) is 54.6 Å². The molecule has 6 bridgehead atoms. The molecule has 22 heteroatoms. The van der Waals surface area contributed by atoms with Crippen molar-refractivity contribution in [3.8, 4) is 0 Å². The van der Waals surface area contributed by atoms with Gasteiger partial charge in [0.05, 0.1) is 0 Å². The van der Waals surface area contributed by atoms with Crippen molar-refractivity contribution in [1.82, 2.24) is 6.55 Å². The fourth-order valence-corrected chi connectivity index (χ4v) is 16.5. The Balaban J connectivity index is 0.00000492. The van der Waals surface area contributed by atoms with Crippen molar-refractivity contribution in [2.75, 3.05) is 0 Å². The average molecular weight is 1110 g/mol. The third-order valence-corrected chi connectivity index (χ3v) is 20.5. The van der Waals surface area contributed by atoms with Gasteiger partial charge in [0.2, 0.25) is 0 Å². The van der Waals surface area contributed by atoms with Crippen LogP contribution in [0.3, 0.4) is 0 Å². The van der Waals surface area contributed by atoms with Crippen LogP contribution < -0.4 is 11.0 Å². The predicted octanol–water partition coefficient (Wildman–Crippen LogP) is 8.35. The molecule has 4 aliphatic rings. The molecule has 71 heavy (non-hydrogen) atoms. The second-order valence-corrected chi connectivity index (χ2v) is 27.5. The van der Waals surface area contributed by atoms with E-state index in [0.29, 0.717) is 99.3 Å². The Morgan fingerprint density at radius 3 is 1.27 bits per heavy atom. The summed E-state index contributed by atoms with van der Waals surface area (Å²) in [5.41, 5.74) is 4.40. The van der Waals surface area contributed by atoms with Gasteiger partial charge in [-0.05, 0) is 0 Å². The predicted molar refractivity (Wildman–Crippen MR) is 279 cm³/mol. The molecule has 0 aliphatic carbocycles. The standard InChI is InChI=1S/C49H23Cl3N8O6S3.Ga.H2O/c1-22-6-2-7-23-14-31-35(18-27(22)23)46-53-42(31)55-47-37-20-29-25(9-4-12-40(29)68(51,63)64)16-33(37)44(57-47)59-49-38-21-30-26(10-5-13-41(30)69(52,65)66)17-34(38)45(60-49)58-48-36-19-28-24(15-32(36)43(54-46)56-48)8-3-11-39(28)67(50,61)62;;/h2-21H,1H3;;1H2/q-2;+2;. The van der Waals surface area contributed by atoms with Crippen molar-refractivity contribution >= 4 is 177 Å². The van der Waals surface area contributed by atoms with Gasteiger partial charge in [0.15, 0.2) is 0 Å². The van der Waals surface area contributed by atoms with Gasteiger partial charge in [-0.25, -0.2) is 0 Å². The van der Waals surface area contributed by atoms with E-state index < -0.39 is 45.0 Å². The van der Waals surface area contributed by atoms with Crippen LogP contribution in [0.2, 0.25) is 0 Å². The minimum absolute atomic E-state index is 0. The molecule has 10 aromatic rings. The summed E-state index contributed by atoms with van der Waals surface area (Å²) in [6.07, 6.45) is 0. The molecule has 0 spiro atoms. The zero-order valence-corrected chi connectivity index (χ0v) is 43.2. The smallest absolute Gasteiger partial charge is 0.412 e. The summed E-state index contributed by atoms with van der Waals surface area (Å²) in [6, 6.07) is 35.5. The molecule has 8 aromatic carbocycles. The Bertz CT molecular complexity index is 4920. The summed E-state index contributed by atoms with van der Waals surface area (Å²) >= 11 is -2.27. The van der Waals surface area contributed by atoms with E-state index in [0.717, 1.165) is 27.5 Å². The van der Waals surface area contributed by atoms with E-state index in [1.807, 2.05) is 55.9 Å². The van der Waals surface area contributed by atoms with Gasteiger partial charge < -0.3 is 5.48 Å². The SMILES string of the molecule is Cc1cccc2cc3c(cc12)C1=NC3=Nc2c3cc4c(S(=O)(=O)Cl)cccc4cc3c3[n]2[Ga][n]2c(c4cc5cccc(S(=O)(=O)Cl)c5cc4c2=NC2=NC(=N3)c3cc4c(S(=O)(=O)Cl)cccc4cc32)=N1.O. The van der Waals surface area contributed by atoms with Crippen molar-refractivity contribution in [3.05, 3.63) is 160 Å². The molecule has 0 amide bonds. The number of aliphatic imine (C=N–C) groups is 4.